The van der Waals surface area contributed by atoms with E-state index in [0.29, 0.717) is 11.1 Å². The van der Waals surface area contributed by atoms with Crippen molar-refractivity contribution in [3.05, 3.63) is 58.7 Å². The van der Waals surface area contributed by atoms with Gasteiger partial charge in [-0.3, -0.25) is 9.59 Å². The van der Waals surface area contributed by atoms with Crippen LogP contribution in [0.4, 0.5) is 0 Å². The van der Waals surface area contributed by atoms with Gasteiger partial charge in [0.1, 0.15) is 22.6 Å². The quantitative estimate of drug-likeness (QED) is 0.605. The fourth-order valence-electron chi connectivity index (χ4n) is 3.45. The highest BCUT2D eigenvalue weighted by molar-refractivity contribution is 5.95. The maximum absolute atomic E-state index is 12.4. The number of hydrogen-bond donors (Lipinski definition) is 2. The zero-order valence-electron chi connectivity index (χ0n) is 18.9. The van der Waals surface area contributed by atoms with Gasteiger partial charge in [0.05, 0.1) is 0 Å². The van der Waals surface area contributed by atoms with Gasteiger partial charge < -0.3 is 29.5 Å². The lowest BCUT2D eigenvalue weighted by Crippen LogP contribution is -2.52. The molecule has 0 spiro atoms. The van der Waals surface area contributed by atoms with E-state index in [1.54, 1.807) is 38.1 Å². The third kappa shape index (κ3) is 5.64. The summed E-state index contributed by atoms with van der Waals surface area (Å²) in [5.41, 5.74) is 0.999. The molecule has 0 unspecified atom stereocenters. The molecule has 0 aromatic heterocycles. The van der Waals surface area contributed by atoms with E-state index in [1.807, 2.05) is 0 Å². The number of amides is 2. The molecule has 2 amide bonds. The molecule has 0 aliphatic carbocycles. The topological polar surface area (TPSA) is 134 Å². The third-order valence-electron chi connectivity index (χ3n) is 5.55. The number of rotatable bonds is 6. The molecule has 3 rings (SSSR count). The highest BCUT2D eigenvalue weighted by atomic mass is 16.5. The lowest BCUT2D eigenvalue weighted by atomic mass is 10.1. The number of piperazine rings is 1. The predicted octanol–water partition coefficient (Wildman–Crippen LogP) is 1.40. The molecule has 10 nitrogen and oxygen atoms in total. The number of carbonyl (C=O) groups excluding carboxylic acids is 4. The molecule has 1 fully saturated rings. The van der Waals surface area contributed by atoms with Crippen molar-refractivity contribution in [1.82, 2.24) is 9.80 Å². The van der Waals surface area contributed by atoms with Crippen molar-refractivity contribution >= 4 is 23.8 Å². The van der Waals surface area contributed by atoms with E-state index in [4.69, 9.17) is 9.47 Å². The second kappa shape index (κ2) is 10.7. The number of aryl methyl sites for hydroxylation is 2. The zero-order chi connectivity index (χ0) is 24.8. The van der Waals surface area contributed by atoms with E-state index in [0.717, 1.165) is 0 Å². The van der Waals surface area contributed by atoms with Gasteiger partial charge in [0.2, 0.25) is 0 Å². The second-order valence-electron chi connectivity index (χ2n) is 7.86. The first-order valence-electron chi connectivity index (χ1n) is 10.7. The minimum Gasteiger partial charge on any atom is -0.507 e. The van der Waals surface area contributed by atoms with E-state index in [-0.39, 0.29) is 48.8 Å². The fourth-order valence-corrected chi connectivity index (χ4v) is 3.45. The number of nitrogens with zero attached hydrogens (tertiary/aromatic N) is 2. The number of carbonyl (C=O) groups is 4. The van der Waals surface area contributed by atoms with Crippen LogP contribution in [0, 0.1) is 13.8 Å². The molecule has 10 heteroatoms. The number of para-hydroxylation sites is 2. The van der Waals surface area contributed by atoms with Crippen molar-refractivity contribution in [3.63, 3.8) is 0 Å². The fraction of sp³-hybridized carbons (Fsp3) is 0.333. The van der Waals surface area contributed by atoms with Crippen molar-refractivity contribution < 1.29 is 38.9 Å². The predicted molar refractivity (Wildman–Crippen MR) is 119 cm³/mol. The van der Waals surface area contributed by atoms with Gasteiger partial charge in [0.25, 0.3) is 11.8 Å². The zero-order valence-corrected chi connectivity index (χ0v) is 18.9. The third-order valence-corrected chi connectivity index (χ3v) is 5.55. The Balaban J connectivity index is 1.43. The smallest absolute Gasteiger partial charge is 0.342 e. The van der Waals surface area contributed by atoms with Crippen molar-refractivity contribution in [2.45, 2.75) is 13.8 Å². The van der Waals surface area contributed by atoms with Crippen molar-refractivity contribution in [2.24, 2.45) is 0 Å². The number of ether oxygens (including phenoxy) is 2. The standard InChI is InChI=1S/C24H26N2O8/c1-15-5-3-7-17(21(15)29)23(31)33-13-19(27)25-9-11-26(12-10-25)20(28)14-34-24(32)18-8-4-6-16(2)22(18)30/h3-8,29-30H,9-14H2,1-2H3. The summed E-state index contributed by atoms with van der Waals surface area (Å²) >= 11 is 0. The summed E-state index contributed by atoms with van der Waals surface area (Å²) in [5, 5.41) is 19.9. The summed E-state index contributed by atoms with van der Waals surface area (Å²) < 4.78 is 10.1. The molecule has 0 bridgehead atoms. The van der Waals surface area contributed by atoms with Crippen molar-refractivity contribution in [1.29, 1.82) is 0 Å². The van der Waals surface area contributed by atoms with E-state index >= 15 is 0 Å². The summed E-state index contributed by atoms with van der Waals surface area (Å²) in [4.78, 5) is 52.0. The van der Waals surface area contributed by atoms with Crippen LogP contribution >= 0.6 is 0 Å². The van der Waals surface area contributed by atoms with Crippen LogP contribution < -0.4 is 0 Å². The Hall–Kier alpha value is -4.08. The molecule has 0 radical (unpaired) electrons. The van der Waals surface area contributed by atoms with Crippen LogP contribution in [0.25, 0.3) is 0 Å². The highest BCUT2D eigenvalue weighted by Gasteiger charge is 2.26. The average Bonchev–Trinajstić information content (AvgIpc) is 2.84. The molecule has 0 atom stereocenters. The number of aromatic hydroxyl groups is 2. The summed E-state index contributed by atoms with van der Waals surface area (Å²) in [7, 11) is 0. The summed E-state index contributed by atoms with van der Waals surface area (Å²) in [6.07, 6.45) is 0. The Morgan fingerprint density at radius 1 is 0.706 bits per heavy atom. The van der Waals surface area contributed by atoms with Gasteiger partial charge in [-0.25, -0.2) is 9.59 Å². The van der Waals surface area contributed by atoms with Gasteiger partial charge in [-0.15, -0.1) is 0 Å². The molecular weight excluding hydrogens is 444 g/mol. The van der Waals surface area contributed by atoms with Gasteiger partial charge in [0, 0.05) is 26.2 Å². The first-order chi connectivity index (χ1) is 16.2. The maximum atomic E-state index is 12.4. The normalized spacial score (nSPS) is 13.4. The van der Waals surface area contributed by atoms with Gasteiger partial charge in [-0.05, 0) is 37.1 Å². The SMILES string of the molecule is Cc1cccc(C(=O)OCC(=O)N2CCN(C(=O)COC(=O)c3cccc(C)c3O)CC2)c1O. The lowest BCUT2D eigenvalue weighted by molar-refractivity contribution is -0.142. The average molecular weight is 470 g/mol. The second-order valence-corrected chi connectivity index (χ2v) is 7.86. The van der Waals surface area contributed by atoms with Crippen LogP contribution in [0.15, 0.2) is 36.4 Å². The Morgan fingerprint density at radius 3 is 1.41 bits per heavy atom. The van der Waals surface area contributed by atoms with Gasteiger partial charge >= 0.3 is 11.9 Å². The Bertz CT molecular complexity index is 1020. The van der Waals surface area contributed by atoms with Gasteiger partial charge in [-0.2, -0.15) is 0 Å². The van der Waals surface area contributed by atoms with Crippen molar-refractivity contribution in [3.8, 4) is 11.5 Å². The Labute approximate surface area is 196 Å². The van der Waals surface area contributed by atoms with E-state index in [1.165, 1.54) is 21.9 Å². The molecule has 1 heterocycles. The van der Waals surface area contributed by atoms with Crippen LogP contribution in [0.1, 0.15) is 31.8 Å². The van der Waals surface area contributed by atoms with Crippen LogP contribution in [-0.4, -0.2) is 83.2 Å². The largest absolute Gasteiger partial charge is 0.507 e. The molecule has 180 valence electrons. The Morgan fingerprint density at radius 2 is 1.06 bits per heavy atom. The number of benzene rings is 2. The van der Waals surface area contributed by atoms with Gasteiger partial charge in [-0.1, -0.05) is 24.3 Å². The molecule has 0 saturated carbocycles. The highest BCUT2D eigenvalue weighted by Crippen LogP contribution is 2.23. The minimum absolute atomic E-state index is 0.0169. The first kappa shape index (κ1) is 24.6. The van der Waals surface area contributed by atoms with E-state index in [9.17, 15) is 29.4 Å². The van der Waals surface area contributed by atoms with Gasteiger partial charge in [0.15, 0.2) is 13.2 Å². The first-order valence-corrected chi connectivity index (χ1v) is 10.7. The molecular formula is C24H26N2O8. The number of phenols is 2. The molecule has 1 aliphatic heterocycles. The number of phenolic OH excluding ortho intramolecular Hbond substituents is 2. The molecule has 2 N–H and O–H groups in total. The molecule has 2 aromatic rings. The van der Waals surface area contributed by atoms with Crippen LogP contribution in [0.5, 0.6) is 11.5 Å². The van der Waals surface area contributed by atoms with Crippen molar-refractivity contribution in [2.75, 3.05) is 39.4 Å². The Kier molecular flexibility index (Phi) is 7.72. The van der Waals surface area contributed by atoms with Crippen LogP contribution in [0.2, 0.25) is 0 Å². The summed E-state index contributed by atoms with van der Waals surface area (Å²) in [6.45, 7) is 3.22. The van der Waals surface area contributed by atoms with Crippen LogP contribution in [-0.2, 0) is 19.1 Å². The molecule has 1 saturated heterocycles. The maximum Gasteiger partial charge on any atom is 0.342 e. The van der Waals surface area contributed by atoms with E-state index < -0.39 is 37.0 Å². The van der Waals surface area contributed by atoms with Crippen LogP contribution in [0.3, 0.4) is 0 Å². The number of esters is 2. The molecule has 2 aromatic carbocycles. The summed E-state index contributed by atoms with van der Waals surface area (Å²) in [6, 6.07) is 9.31. The monoisotopic (exact) mass is 470 g/mol. The summed E-state index contributed by atoms with van der Waals surface area (Å²) in [5.74, 6) is -2.83. The molecule has 1 aliphatic rings. The van der Waals surface area contributed by atoms with E-state index in [2.05, 4.69) is 0 Å². The lowest BCUT2D eigenvalue weighted by Gasteiger charge is -2.34. The molecule has 34 heavy (non-hydrogen) atoms. The minimum atomic E-state index is -0.801. The number of hydrogen-bond acceptors (Lipinski definition) is 8.